The molecule has 154 valence electrons. The molecule has 0 heterocycles. The quantitative estimate of drug-likeness (QED) is 0.394. The largest absolute Gasteiger partial charge is 0.418 e. The minimum atomic E-state index is -4.62. The number of anilines is 2. The third-order valence-corrected chi connectivity index (χ3v) is 4.44. The molecular weight excluding hydrogens is 381 g/mol. The molecule has 0 saturated heterocycles. The second kappa shape index (κ2) is 9.41. The van der Waals surface area contributed by atoms with Crippen LogP contribution >= 0.6 is 0 Å². The highest BCUT2D eigenvalue weighted by Crippen LogP contribution is 2.34. The van der Waals surface area contributed by atoms with Crippen LogP contribution in [0.5, 0.6) is 0 Å². The molecule has 0 aromatic heterocycles. The topological polar surface area (TPSA) is 49.4 Å². The molecule has 0 saturated carbocycles. The number of nitrogens with zero attached hydrogens (tertiary/aromatic N) is 1. The fourth-order valence-electron chi connectivity index (χ4n) is 2.89. The molecule has 0 aliphatic carbocycles. The van der Waals surface area contributed by atoms with Crippen LogP contribution in [0.1, 0.15) is 31.9 Å². The number of benzene rings is 2. The number of hydrogen-bond acceptors (Lipinski definition) is 3. The second-order valence-electron chi connectivity index (χ2n) is 6.38. The monoisotopic (exact) mass is 404 g/mol. The van der Waals surface area contributed by atoms with Crippen LogP contribution in [0.25, 0.3) is 6.08 Å². The number of alkyl halides is 3. The normalized spacial score (nSPS) is 11.9. The fourth-order valence-corrected chi connectivity index (χ4v) is 2.89. The molecule has 4 nitrogen and oxygen atoms in total. The summed E-state index contributed by atoms with van der Waals surface area (Å²) in [7, 11) is 0. The van der Waals surface area contributed by atoms with E-state index in [4.69, 9.17) is 0 Å². The molecule has 2 rings (SSSR count). The van der Waals surface area contributed by atoms with Crippen molar-refractivity contribution in [2.45, 2.75) is 26.9 Å². The van der Waals surface area contributed by atoms with Gasteiger partial charge in [-0.1, -0.05) is 24.3 Å². The van der Waals surface area contributed by atoms with Crippen molar-refractivity contribution in [2.24, 2.45) is 0 Å². The van der Waals surface area contributed by atoms with Gasteiger partial charge in [-0.15, -0.1) is 0 Å². The molecular formula is C22H23F3N2O2. The number of para-hydroxylation sites is 1. The van der Waals surface area contributed by atoms with Crippen LogP contribution in [-0.2, 0) is 15.8 Å². The summed E-state index contributed by atoms with van der Waals surface area (Å²) in [6, 6.07) is 11.9. The van der Waals surface area contributed by atoms with Gasteiger partial charge in [-0.25, -0.2) is 0 Å². The van der Waals surface area contributed by atoms with Crippen LogP contribution in [-0.4, -0.2) is 24.8 Å². The standard InChI is InChI=1S/C22H23F3N2O2/c1-4-27(5-2)17-12-10-16(11-13-17)14-18(15(3)28)21(29)26-20-9-7-6-8-19(20)22(23,24)25/h6-14H,4-5H2,1-3H3,(H,26,29)/b18-14+. The van der Waals surface area contributed by atoms with Gasteiger partial charge in [0.1, 0.15) is 0 Å². The summed E-state index contributed by atoms with van der Waals surface area (Å²) in [5, 5.41) is 2.21. The molecule has 0 radical (unpaired) electrons. The van der Waals surface area contributed by atoms with Gasteiger partial charge in [-0.05, 0) is 56.7 Å². The summed E-state index contributed by atoms with van der Waals surface area (Å²) in [4.78, 5) is 26.6. The Morgan fingerprint density at radius 1 is 1.00 bits per heavy atom. The van der Waals surface area contributed by atoms with Gasteiger partial charge in [0, 0.05) is 18.8 Å². The van der Waals surface area contributed by atoms with E-state index in [1.165, 1.54) is 25.1 Å². The number of hydrogen-bond donors (Lipinski definition) is 1. The summed E-state index contributed by atoms with van der Waals surface area (Å²) in [6.07, 6.45) is -3.25. The SMILES string of the molecule is CCN(CC)c1ccc(/C=C(\C(C)=O)C(=O)Nc2ccccc2C(F)(F)F)cc1. The average Bonchev–Trinajstić information content (AvgIpc) is 2.67. The van der Waals surface area contributed by atoms with Gasteiger partial charge in [-0.2, -0.15) is 13.2 Å². The molecule has 0 aliphatic heterocycles. The molecule has 29 heavy (non-hydrogen) atoms. The zero-order valence-electron chi connectivity index (χ0n) is 16.5. The molecule has 1 N–H and O–H groups in total. The molecule has 0 unspecified atom stereocenters. The van der Waals surface area contributed by atoms with E-state index in [2.05, 4.69) is 10.2 Å². The lowest BCUT2D eigenvalue weighted by atomic mass is 10.1. The Labute approximate surface area is 168 Å². The van der Waals surface area contributed by atoms with Gasteiger partial charge in [0.2, 0.25) is 0 Å². The van der Waals surface area contributed by atoms with Crippen molar-refractivity contribution in [3.05, 3.63) is 65.2 Å². The molecule has 0 fully saturated rings. The first-order valence-corrected chi connectivity index (χ1v) is 9.22. The van der Waals surface area contributed by atoms with Gasteiger partial charge in [0.25, 0.3) is 5.91 Å². The van der Waals surface area contributed by atoms with Crippen molar-refractivity contribution < 1.29 is 22.8 Å². The van der Waals surface area contributed by atoms with Crippen LogP contribution in [0.2, 0.25) is 0 Å². The van der Waals surface area contributed by atoms with Gasteiger partial charge in [0.05, 0.1) is 16.8 Å². The van der Waals surface area contributed by atoms with E-state index < -0.39 is 29.1 Å². The van der Waals surface area contributed by atoms with E-state index in [0.717, 1.165) is 30.9 Å². The van der Waals surface area contributed by atoms with Crippen LogP contribution in [0.4, 0.5) is 24.5 Å². The molecule has 0 atom stereocenters. The van der Waals surface area contributed by atoms with Gasteiger partial charge >= 0.3 is 6.18 Å². The van der Waals surface area contributed by atoms with Crippen molar-refractivity contribution in [3.8, 4) is 0 Å². The predicted octanol–water partition coefficient (Wildman–Crippen LogP) is 5.16. The van der Waals surface area contributed by atoms with Crippen molar-refractivity contribution in [2.75, 3.05) is 23.3 Å². The number of carbonyl (C=O) groups is 2. The molecule has 2 aromatic rings. The molecule has 0 aliphatic rings. The maximum absolute atomic E-state index is 13.1. The first-order valence-electron chi connectivity index (χ1n) is 9.22. The number of amides is 1. The Morgan fingerprint density at radius 3 is 2.10 bits per heavy atom. The lowest BCUT2D eigenvalue weighted by Gasteiger charge is -2.20. The lowest BCUT2D eigenvalue weighted by Crippen LogP contribution is -2.21. The van der Waals surface area contributed by atoms with Crippen molar-refractivity contribution in [1.82, 2.24) is 0 Å². The highest BCUT2D eigenvalue weighted by Gasteiger charge is 2.33. The summed E-state index contributed by atoms with van der Waals surface area (Å²) < 4.78 is 39.4. The van der Waals surface area contributed by atoms with Gasteiger partial charge in [-0.3, -0.25) is 9.59 Å². The Bertz CT molecular complexity index is 899. The highest BCUT2D eigenvalue weighted by molar-refractivity contribution is 6.25. The van der Waals surface area contributed by atoms with Gasteiger partial charge < -0.3 is 10.2 Å². The Morgan fingerprint density at radius 2 is 1.59 bits per heavy atom. The summed E-state index contributed by atoms with van der Waals surface area (Å²) in [6.45, 7) is 6.95. The first kappa shape index (κ1) is 22.2. The van der Waals surface area contributed by atoms with Crippen LogP contribution in [0, 0.1) is 0 Å². The van der Waals surface area contributed by atoms with Crippen LogP contribution in [0.3, 0.4) is 0 Å². The predicted molar refractivity (Wildman–Crippen MR) is 109 cm³/mol. The summed E-state index contributed by atoms with van der Waals surface area (Å²) in [5.41, 5.74) is 0.0110. The number of rotatable bonds is 7. The molecule has 1 amide bonds. The van der Waals surface area contributed by atoms with E-state index in [1.54, 1.807) is 12.1 Å². The van der Waals surface area contributed by atoms with E-state index in [1.807, 2.05) is 26.0 Å². The van der Waals surface area contributed by atoms with Crippen molar-refractivity contribution in [1.29, 1.82) is 0 Å². The Kier molecular flexibility index (Phi) is 7.20. The number of nitrogens with one attached hydrogen (secondary N) is 1. The average molecular weight is 404 g/mol. The third kappa shape index (κ3) is 5.70. The zero-order valence-corrected chi connectivity index (χ0v) is 16.5. The molecule has 0 spiro atoms. The Hall–Kier alpha value is -3.09. The van der Waals surface area contributed by atoms with E-state index in [9.17, 15) is 22.8 Å². The number of carbonyl (C=O) groups excluding carboxylic acids is 2. The van der Waals surface area contributed by atoms with Crippen molar-refractivity contribution >= 4 is 29.1 Å². The highest BCUT2D eigenvalue weighted by atomic mass is 19.4. The molecule has 7 heteroatoms. The van der Waals surface area contributed by atoms with Crippen molar-refractivity contribution in [3.63, 3.8) is 0 Å². The maximum Gasteiger partial charge on any atom is 0.418 e. The van der Waals surface area contributed by atoms with Crippen LogP contribution < -0.4 is 10.2 Å². The van der Waals surface area contributed by atoms with E-state index in [-0.39, 0.29) is 5.57 Å². The van der Waals surface area contributed by atoms with Gasteiger partial charge in [0.15, 0.2) is 5.78 Å². The first-order chi connectivity index (χ1) is 13.7. The minimum Gasteiger partial charge on any atom is -0.372 e. The summed E-state index contributed by atoms with van der Waals surface area (Å²) in [5.74, 6) is -1.43. The van der Waals surface area contributed by atoms with E-state index in [0.29, 0.717) is 5.56 Å². The number of ketones is 1. The maximum atomic E-state index is 13.1. The zero-order chi connectivity index (χ0) is 21.6. The fraction of sp³-hybridized carbons (Fsp3) is 0.273. The number of halogens is 3. The Balaban J connectivity index is 2.30. The second-order valence-corrected chi connectivity index (χ2v) is 6.38. The summed E-state index contributed by atoms with van der Waals surface area (Å²) >= 11 is 0. The molecule has 2 aromatic carbocycles. The third-order valence-electron chi connectivity index (χ3n) is 4.44. The van der Waals surface area contributed by atoms with Crippen LogP contribution in [0.15, 0.2) is 54.1 Å². The molecule has 0 bridgehead atoms. The smallest absolute Gasteiger partial charge is 0.372 e. The minimum absolute atomic E-state index is 0.224. The lowest BCUT2D eigenvalue weighted by molar-refractivity contribution is -0.137. The number of Topliss-reactive ketones (excluding diaryl/α,β-unsaturated/α-hetero) is 1. The van der Waals surface area contributed by atoms with E-state index >= 15 is 0 Å².